The van der Waals surface area contributed by atoms with E-state index in [4.69, 9.17) is 0 Å². The molecule has 0 aromatic heterocycles. The SMILES string of the molecule is CNC(c1cc(C)c(F)c(C)c1)c1ccc(F)c(Br)c1. The van der Waals surface area contributed by atoms with Crippen molar-refractivity contribution in [3.8, 4) is 0 Å². The number of rotatable bonds is 3. The van der Waals surface area contributed by atoms with Gasteiger partial charge in [0.2, 0.25) is 0 Å². The summed E-state index contributed by atoms with van der Waals surface area (Å²) in [5.74, 6) is -0.473. The van der Waals surface area contributed by atoms with Crippen molar-refractivity contribution < 1.29 is 8.78 Å². The van der Waals surface area contributed by atoms with Crippen molar-refractivity contribution in [2.24, 2.45) is 0 Å². The maximum atomic E-state index is 13.7. The third-order valence-corrected chi connectivity index (χ3v) is 3.97. The van der Waals surface area contributed by atoms with Crippen LogP contribution in [0.5, 0.6) is 0 Å². The number of nitrogens with one attached hydrogen (secondary N) is 1. The fraction of sp³-hybridized carbons (Fsp3) is 0.250. The first kappa shape index (κ1) is 15.1. The summed E-state index contributed by atoms with van der Waals surface area (Å²) in [5, 5.41) is 3.19. The topological polar surface area (TPSA) is 12.0 Å². The monoisotopic (exact) mass is 339 g/mol. The maximum absolute atomic E-state index is 13.7. The van der Waals surface area contributed by atoms with Crippen LogP contribution < -0.4 is 5.32 Å². The molecule has 1 nitrogen and oxygen atoms in total. The predicted octanol–water partition coefficient (Wildman–Crippen LogP) is 4.65. The van der Waals surface area contributed by atoms with Crippen LogP contribution in [0.4, 0.5) is 8.78 Å². The van der Waals surface area contributed by atoms with Crippen LogP contribution >= 0.6 is 15.9 Å². The van der Waals surface area contributed by atoms with E-state index in [9.17, 15) is 8.78 Å². The predicted molar refractivity (Wildman–Crippen MR) is 80.9 cm³/mol. The second-order valence-electron chi connectivity index (χ2n) is 4.86. The van der Waals surface area contributed by atoms with Crippen LogP contribution in [0.2, 0.25) is 0 Å². The van der Waals surface area contributed by atoms with E-state index in [2.05, 4.69) is 21.2 Å². The third kappa shape index (κ3) is 2.91. The number of hydrogen-bond acceptors (Lipinski definition) is 1. The van der Waals surface area contributed by atoms with Gasteiger partial charge in [-0.1, -0.05) is 18.2 Å². The Bertz CT molecular complexity index is 617. The summed E-state index contributed by atoms with van der Waals surface area (Å²) < 4.78 is 27.5. The van der Waals surface area contributed by atoms with E-state index < -0.39 is 0 Å². The van der Waals surface area contributed by atoms with Gasteiger partial charge in [0.25, 0.3) is 0 Å². The highest BCUT2D eigenvalue weighted by Crippen LogP contribution is 2.28. The van der Waals surface area contributed by atoms with Gasteiger partial charge in [0, 0.05) is 0 Å². The molecule has 106 valence electrons. The minimum atomic E-state index is -0.296. The van der Waals surface area contributed by atoms with Gasteiger partial charge in [-0.3, -0.25) is 0 Å². The van der Waals surface area contributed by atoms with Crippen molar-refractivity contribution in [2.75, 3.05) is 7.05 Å². The zero-order valence-electron chi connectivity index (χ0n) is 11.6. The highest BCUT2D eigenvalue weighted by Gasteiger charge is 2.16. The Labute approximate surface area is 126 Å². The van der Waals surface area contributed by atoms with Crippen LogP contribution in [-0.4, -0.2) is 7.05 Å². The molecule has 0 fully saturated rings. The van der Waals surface area contributed by atoms with Gasteiger partial charge in [-0.25, -0.2) is 8.78 Å². The summed E-state index contributed by atoms with van der Waals surface area (Å²) in [7, 11) is 1.83. The molecule has 0 amide bonds. The van der Waals surface area contributed by atoms with Crippen molar-refractivity contribution in [1.29, 1.82) is 0 Å². The number of benzene rings is 2. The molecule has 0 aliphatic carbocycles. The molecule has 2 rings (SSSR count). The zero-order chi connectivity index (χ0) is 14.9. The summed E-state index contributed by atoms with van der Waals surface area (Å²) in [6, 6.07) is 8.43. The van der Waals surface area contributed by atoms with E-state index in [1.54, 1.807) is 26.0 Å². The summed E-state index contributed by atoms with van der Waals surface area (Å²) in [6.07, 6.45) is 0. The average Bonchev–Trinajstić information content (AvgIpc) is 2.41. The normalized spacial score (nSPS) is 12.5. The van der Waals surface area contributed by atoms with E-state index >= 15 is 0 Å². The summed E-state index contributed by atoms with van der Waals surface area (Å²) in [4.78, 5) is 0. The highest BCUT2D eigenvalue weighted by atomic mass is 79.9. The van der Waals surface area contributed by atoms with Crippen LogP contribution in [0.25, 0.3) is 0 Å². The van der Waals surface area contributed by atoms with Crippen molar-refractivity contribution >= 4 is 15.9 Å². The molecule has 0 saturated heterocycles. The minimum absolute atomic E-state index is 0.107. The van der Waals surface area contributed by atoms with Crippen LogP contribution in [0, 0.1) is 25.5 Å². The lowest BCUT2D eigenvalue weighted by atomic mass is 9.95. The fourth-order valence-electron chi connectivity index (χ4n) is 2.36. The first-order valence-corrected chi connectivity index (χ1v) is 7.12. The van der Waals surface area contributed by atoms with E-state index in [1.807, 2.05) is 19.2 Å². The molecule has 0 radical (unpaired) electrons. The molecule has 0 heterocycles. The molecule has 20 heavy (non-hydrogen) atoms. The van der Waals surface area contributed by atoms with Crippen LogP contribution in [-0.2, 0) is 0 Å². The van der Waals surface area contributed by atoms with Crippen LogP contribution in [0.1, 0.15) is 28.3 Å². The first-order chi connectivity index (χ1) is 9.43. The smallest absolute Gasteiger partial charge is 0.137 e. The van der Waals surface area contributed by atoms with Crippen molar-refractivity contribution in [3.63, 3.8) is 0 Å². The van der Waals surface area contributed by atoms with Gasteiger partial charge in [-0.15, -0.1) is 0 Å². The van der Waals surface area contributed by atoms with Gasteiger partial charge in [-0.05, 0) is 71.2 Å². The second kappa shape index (κ2) is 6.02. The molecule has 0 aliphatic rings. The quantitative estimate of drug-likeness (QED) is 0.857. The van der Waals surface area contributed by atoms with Crippen molar-refractivity contribution in [3.05, 3.63) is 68.7 Å². The van der Waals surface area contributed by atoms with Gasteiger partial charge < -0.3 is 5.32 Å². The summed E-state index contributed by atoms with van der Waals surface area (Å²) >= 11 is 3.19. The molecule has 1 unspecified atom stereocenters. The molecule has 2 aromatic carbocycles. The molecular formula is C16H16BrF2N. The molecule has 0 saturated carbocycles. The van der Waals surface area contributed by atoms with Gasteiger partial charge in [0.05, 0.1) is 10.5 Å². The molecule has 2 aromatic rings. The van der Waals surface area contributed by atoms with Crippen LogP contribution in [0.3, 0.4) is 0 Å². The Hall–Kier alpha value is -1.26. The number of hydrogen-bond donors (Lipinski definition) is 1. The lowest BCUT2D eigenvalue weighted by Gasteiger charge is -2.19. The zero-order valence-corrected chi connectivity index (χ0v) is 13.2. The number of aryl methyl sites for hydroxylation is 2. The standard InChI is InChI=1S/C16H16BrF2N/c1-9-6-12(7-10(2)15(9)19)16(20-3)11-4-5-14(18)13(17)8-11/h4-8,16,20H,1-3H3. The molecule has 1 atom stereocenters. The highest BCUT2D eigenvalue weighted by molar-refractivity contribution is 9.10. The molecule has 0 spiro atoms. The second-order valence-corrected chi connectivity index (χ2v) is 5.72. The third-order valence-electron chi connectivity index (χ3n) is 3.36. The largest absolute Gasteiger partial charge is 0.309 e. The van der Waals surface area contributed by atoms with E-state index in [0.29, 0.717) is 15.6 Å². The lowest BCUT2D eigenvalue weighted by Crippen LogP contribution is -2.18. The Morgan fingerprint density at radius 1 is 1.00 bits per heavy atom. The van der Waals surface area contributed by atoms with E-state index in [-0.39, 0.29) is 17.7 Å². The molecule has 0 bridgehead atoms. The Morgan fingerprint density at radius 2 is 1.60 bits per heavy atom. The Morgan fingerprint density at radius 3 is 2.10 bits per heavy atom. The first-order valence-electron chi connectivity index (χ1n) is 6.33. The van der Waals surface area contributed by atoms with Crippen molar-refractivity contribution in [1.82, 2.24) is 5.32 Å². The Kier molecular flexibility index (Phi) is 4.55. The Balaban J connectivity index is 2.49. The lowest BCUT2D eigenvalue weighted by molar-refractivity contribution is 0.603. The molecule has 1 N–H and O–H groups in total. The fourth-order valence-corrected chi connectivity index (χ4v) is 2.76. The van der Waals surface area contributed by atoms with Gasteiger partial charge in [-0.2, -0.15) is 0 Å². The maximum Gasteiger partial charge on any atom is 0.137 e. The average molecular weight is 340 g/mol. The van der Waals surface area contributed by atoms with E-state index in [0.717, 1.165) is 11.1 Å². The summed E-state index contributed by atoms with van der Waals surface area (Å²) in [6.45, 7) is 3.50. The molecular weight excluding hydrogens is 324 g/mol. The van der Waals surface area contributed by atoms with Crippen LogP contribution in [0.15, 0.2) is 34.8 Å². The minimum Gasteiger partial charge on any atom is -0.309 e. The molecule has 0 aliphatic heterocycles. The van der Waals surface area contributed by atoms with Gasteiger partial charge in [0.15, 0.2) is 0 Å². The number of halogens is 3. The van der Waals surface area contributed by atoms with Crippen molar-refractivity contribution in [2.45, 2.75) is 19.9 Å². The van der Waals surface area contributed by atoms with Gasteiger partial charge >= 0.3 is 0 Å². The molecule has 4 heteroatoms. The summed E-state index contributed by atoms with van der Waals surface area (Å²) in [5.41, 5.74) is 3.11. The van der Waals surface area contributed by atoms with E-state index in [1.165, 1.54) is 6.07 Å². The van der Waals surface area contributed by atoms with Gasteiger partial charge in [0.1, 0.15) is 11.6 Å².